The van der Waals surface area contributed by atoms with E-state index in [1.807, 2.05) is 78.9 Å². The van der Waals surface area contributed by atoms with Gasteiger partial charge < -0.3 is 19.8 Å². The van der Waals surface area contributed by atoms with E-state index in [-0.39, 0.29) is 35.3 Å². The van der Waals surface area contributed by atoms with Gasteiger partial charge in [0.15, 0.2) is 6.61 Å². The molecule has 0 spiro atoms. The van der Waals surface area contributed by atoms with Gasteiger partial charge in [0.2, 0.25) is 0 Å². The molecule has 1 aliphatic heterocycles. The molecule has 3 N–H and O–H groups in total. The Morgan fingerprint density at radius 1 is 0.905 bits per heavy atom. The number of hydrogen-bond acceptors (Lipinski definition) is 7. The topological polar surface area (TPSA) is 108 Å². The van der Waals surface area contributed by atoms with Gasteiger partial charge in [0.1, 0.15) is 17.1 Å². The second-order valence-corrected chi connectivity index (χ2v) is 9.98. The van der Waals surface area contributed by atoms with Gasteiger partial charge >= 0.3 is 5.97 Å². The molecule has 4 rings (SSSR count). The molecule has 0 aromatic heterocycles. The molecule has 0 unspecified atom stereocenters. The number of halogens is 1. The Morgan fingerprint density at radius 2 is 1.52 bits per heavy atom. The van der Waals surface area contributed by atoms with Crippen molar-refractivity contribution >= 4 is 29.6 Å². The zero-order valence-electron chi connectivity index (χ0n) is 23.0. The van der Waals surface area contributed by atoms with E-state index in [1.165, 1.54) is 6.08 Å². The Bertz CT molecular complexity index is 1410. The molecule has 0 aliphatic carbocycles. The van der Waals surface area contributed by atoms with E-state index in [0.29, 0.717) is 31.6 Å². The molecule has 0 saturated carbocycles. The summed E-state index contributed by atoms with van der Waals surface area (Å²) in [6.07, 6.45) is 11.0. The maximum Gasteiger partial charge on any atom is 0.342 e. The summed E-state index contributed by atoms with van der Waals surface area (Å²) in [5.41, 5.74) is 4.93. The third kappa shape index (κ3) is 8.73. The summed E-state index contributed by atoms with van der Waals surface area (Å²) in [6, 6.07) is 20.4. The fourth-order valence-electron chi connectivity index (χ4n) is 4.31. The summed E-state index contributed by atoms with van der Waals surface area (Å²) in [5, 5.41) is 20.6. The minimum Gasteiger partial charge on any atom is -0.507 e. The minimum absolute atomic E-state index is 0.0450. The van der Waals surface area contributed by atoms with Crippen molar-refractivity contribution in [3.05, 3.63) is 124 Å². The molecule has 0 atom stereocenters. The Kier molecular flexibility index (Phi) is 11.2. The summed E-state index contributed by atoms with van der Waals surface area (Å²) < 4.78 is 5.32. The molecule has 1 amide bonds. The number of amides is 1. The van der Waals surface area contributed by atoms with Crippen LogP contribution in [-0.2, 0) is 27.5 Å². The van der Waals surface area contributed by atoms with Crippen LogP contribution in [0, 0.1) is 0 Å². The van der Waals surface area contributed by atoms with Gasteiger partial charge in [-0.15, -0.1) is 0 Å². The highest BCUT2D eigenvalue weighted by molar-refractivity contribution is 6.34. The number of benzene rings is 3. The van der Waals surface area contributed by atoms with Gasteiger partial charge in [-0.05, 0) is 42.5 Å². The SMILES string of the molecule is O=C1OCCC=CCCC=C/C(NOCC(=O)N(Cc2ccccc2)Cc2ccccc2)=C/c2c(Cl)c(O)cc(O)c21. The maximum atomic E-state index is 13.3. The number of phenols is 2. The molecule has 0 bridgehead atoms. The Balaban J connectivity index is 1.56. The normalized spacial score (nSPS) is 15.1. The Labute approximate surface area is 250 Å². The lowest BCUT2D eigenvalue weighted by atomic mass is 10.0. The van der Waals surface area contributed by atoms with E-state index in [1.54, 1.807) is 11.0 Å². The molecule has 0 radical (unpaired) electrons. The molecule has 9 heteroatoms. The van der Waals surface area contributed by atoms with Crippen molar-refractivity contribution in [3.8, 4) is 11.5 Å². The van der Waals surface area contributed by atoms with E-state index < -0.39 is 17.5 Å². The number of nitrogens with zero attached hydrogens (tertiary/aromatic N) is 1. The van der Waals surface area contributed by atoms with Crippen molar-refractivity contribution in [2.75, 3.05) is 13.2 Å². The van der Waals surface area contributed by atoms with Crippen molar-refractivity contribution in [2.45, 2.75) is 32.4 Å². The largest absolute Gasteiger partial charge is 0.507 e. The van der Waals surface area contributed by atoms with Gasteiger partial charge in [-0.2, -0.15) is 0 Å². The molecule has 1 heterocycles. The van der Waals surface area contributed by atoms with Crippen LogP contribution in [0.4, 0.5) is 0 Å². The van der Waals surface area contributed by atoms with E-state index in [2.05, 4.69) is 5.48 Å². The molecule has 8 nitrogen and oxygen atoms in total. The van der Waals surface area contributed by atoms with Crippen molar-refractivity contribution in [1.29, 1.82) is 0 Å². The fraction of sp³-hybridized carbons (Fsp3) is 0.212. The number of fused-ring (bicyclic) bond motifs is 1. The molecule has 3 aromatic carbocycles. The average Bonchev–Trinajstić information content (AvgIpc) is 2.99. The van der Waals surface area contributed by atoms with Crippen LogP contribution in [0.15, 0.2) is 96.7 Å². The van der Waals surface area contributed by atoms with Crippen LogP contribution in [0.5, 0.6) is 11.5 Å². The van der Waals surface area contributed by atoms with E-state index in [4.69, 9.17) is 21.2 Å². The summed E-state index contributed by atoms with van der Waals surface area (Å²) in [7, 11) is 0. The van der Waals surface area contributed by atoms with Gasteiger partial charge in [-0.3, -0.25) is 15.1 Å². The number of allylic oxidation sites excluding steroid dienone is 3. The molecule has 3 aromatic rings. The Morgan fingerprint density at radius 3 is 2.19 bits per heavy atom. The number of hydroxylamine groups is 1. The summed E-state index contributed by atoms with van der Waals surface area (Å²) in [4.78, 5) is 33.5. The van der Waals surface area contributed by atoms with E-state index in [9.17, 15) is 19.8 Å². The fourth-order valence-corrected chi connectivity index (χ4v) is 4.51. The second kappa shape index (κ2) is 15.5. The van der Waals surface area contributed by atoms with Crippen LogP contribution >= 0.6 is 11.6 Å². The third-order valence-electron chi connectivity index (χ3n) is 6.42. The van der Waals surface area contributed by atoms with Crippen LogP contribution in [0.3, 0.4) is 0 Å². The van der Waals surface area contributed by atoms with Gasteiger partial charge in [0, 0.05) is 24.7 Å². The van der Waals surface area contributed by atoms with Gasteiger partial charge in [0.25, 0.3) is 5.91 Å². The molecule has 0 fully saturated rings. The molecule has 0 saturated heterocycles. The van der Waals surface area contributed by atoms with Crippen LogP contribution in [-0.4, -0.2) is 40.2 Å². The number of rotatable bonds is 8. The first-order valence-electron chi connectivity index (χ1n) is 13.6. The molecule has 218 valence electrons. The summed E-state index contributed by atoms with van der Waals surface area (Å²) in [5.74, 6) is -1.92. The number of hydrogen-bond donors (Lipinski definition) is 3. The number of cyclic esters (lactones) is 1. The lowest BCUT2D eigenvalue weighted by Gasteiger charge is -2.23. The quantitative estimate of drug-likeness (QED) is 0.161. The first kappa shape index (κ1) is 30.4. The highest BCUT2D eigenvalue weighted by atomic mass is 35.5. The summed E-state index contributed by atoms with van der Waals surface area (Å²) in [6.45, 7) is 0.627. The van der Waals surface area contributed by atoms with Gasteiger partial charge in [-0.25, -0.2) is 4.79 Å². The number of esters is 1. The van der Waals surface area contributed by atoms with Crippen molar-refractivity contribution in [3.63, 3.8) is 0 Å². The maximum absolute atomic E-state index is 13.3. The van der Waals surface area contributed by atoms with E-state index >= 15 is 0 Å². The zero-order valence-corrected chi connectivity index (χ0v) is 23.8. The summed E-state index contributed by atoms with van der Waals surface area (Å²) >= 11 is 6.37. The number of nitrogens with one attached hydrogen (secondary N) is 1. The number of carbonyl (C=O) groups is 2. The predicted octanol–water partition coefficient (Wildman–Crippen LogP) is 6.30. The molecule has 42 heavy (non-hydrogen) atoms. The van der Waals surface area contributed by atoms with Crippen molar-refractivity contribution in [2.24, 2.45) is 0 Å². The first-order chi connectivity index (χ1) is 20.4. The Hall–Kier alpha value is -4.53. The van der Waals surface area contributed by atoms with Crippen molar-refractivity contribution < 1.29 is 29.4 Å². The standard InChI is InChI=1S/C33H33ClN2O6/c34-32-27-19-26(17-11-3-1-2-4-12-18-41-33(40)31(27)28(37)20-29(32)38)35-42-23-30(39)36(21-24-13-7-5-8-14-24)22-25-15-9-6-10-16-25/h2,4-11,13-17,19-20,35,37-38H,1,3,12,18,21-23H2/b4-2?,17-11?,26-19-. The third-order valence-corrected chi connectivity index (χ3v) is 6.81. The van der Waals surface area contributed by atoms with Crippen LogP contribution in [0.25, 0.3) is 6.08 Å². The molecule has 1 aliphatic rings. The van der Waals surface area contributed by atoms with E-state index in [0.717, 1.165) is 23.6 Å². The predicted molar refractivity (Wildman–Crippen MR) is 161 cm³/mol. The van der Waals surface area contributed by atoms with Gasteiger partial charge in [-0.1, -0.05) is 90.5 Å². The smallest absolute Gasteiger partial charge is 0.342 e. The first-order valence-corrected chi connectivity index (χ1v) is 14.0. The number of ether oxygens (including phenoxy) is 1. The highest BCUT2D eigenvalue weighted by Crippen LogP contribution is 2.38. The van der Waals surface area contributed by atoms with Crippen LogP contribution in [0.2, 0.25) is 5.02 Å². The number of carbonyl (C=O) groups excluding carboxylic acids is 2. The zero-order chi connectivity index (χ0) is 29.7. The molecular weight excluding hydrogens is 556 g/mol. The molecular formula is C33H33ClN2O6. The van der Waals surface area contributed by atoms with Crippen molar-refractivity contribution in [1.82, 2.24) is 10.4 Å². The second-order valence-electron chi connectivity index (χ2n) is 9.60. The minimum atomic E-state index is -0.789. The lowest BCUT2D eigenvalue weighted by molar-refractivity contribution is -0.139. The average molecular weight is 589 g/mol. The number of aromatic hydroxyl groups is 2. The monoisotopic (exact) mass is 588 g/mol. The van der Waals surface area contributed by atoms with Crippen LogP contribution in [0.1, 0.15) is 46.3 Å². The van der Waals surface area contributed by atoms with Crippen LogP contribution < -0.4 is 5.48 Å². The van der Waals surface area contributed by atoms with Gasteiger partial charge in [0.05, 0.1) is 17.3 Å². The number of phenolic OH excluding ortho intramolecular Hbond substituents is 2. The lowest BCUT2D eigenvalue weighted by Crippen LogP contribution is -2.34. The highest BCUT2D eigenvalue weighted by Gasteiger charge is 2.23.